The van der Waals surface area contributed by atoms with E-state index in [1.54, 1.807) is 18.0 Å². The SMILES string of the molecule is C=CCC1C=CC(=O)N(C)/C1=C/C. The topological polar surface area (TPSA) is 20.3 Å². The predicted molar refractivity (Wildman–Crippen MR) is 54.0 cm³/mol. The van der Waals surface area contributed by atoms with Gasteiger partial charge in [0, 0.05) is 24.7 Å². The van der Waals surface area contributed by atoms with Gasteiger partial charge in [-0.05, 0) is 13.3 Å². The van der Waals surface area contributed by atoms with Gasteiger partial charge in [-0.2, -0.15) is 0 Å². The summed E-state index contributed by atoms with van der Waals surface area (Å²) in [7, 11) is 1.80. The molecule has 1 atom stereocenters. The van der Waals surface area contributed by atoms with Crippen LogP contribution in [0.15, 0.2) is 36.6 Å². The number of carbonyl (C=O) groups excluding carboxylic acids is 1. The molecule has 1 heterocycles. The van der Waals surface area contributed by atoms with E-state index in [0.29, 0.717) is 5.92 Å². The lowest BCUT2D eigenvalue weighted by Gasteiger charge is -2.28. The fraction of sp³-hybridized carbons (Fsp3) is 0.364. The molecule has 0 bridgehead atoms. The van der Waals surface area contributed by atoms with Crippen LogP contribution in [0.25, 0.3) is 0 Å². The van der Waals surface area contributed by atoms with Gasteiger partial charge in [-0.15, -0.1) is 6.58 Å². The van der Waals surface area contributed by atoms with Gasteiger partial charge in [-0.25, -0.2) is 0 Å². The first kappa shape index (κ1) is 9.78. The first-order valence-corrected chi connectivity index (χ1v) is 4.43. The number of amides is 1. The van der Waals surface area contributed by atoms with Crippen molar-refractivity contribution in [2.24, 2.45) is 5.92 Å². The molecule has 0 N–H and O–H groups in total. The fourth-order valence-corrected chi connectivity index (χ4v) is 1.57. The minimum absolute atomic E-state index is 0.0495. The Labute approximate surface area is 79.2 Å². The second-order valence-electron chi connectivity index (χ2n) is 3.10. The molecule has 1 aliphatic heterocycles. The molecule has 70 valence electrons. The minimum Gasteiger partial charge on any atom is -0.315 e. The maximum Gasteiger partial charge on any atom is 0.250 e. The van der Waals surface area contributed by atoms with Crippen LogP contribution in [0.5, 0.6) is 0 Å². The highest BCUT2D eigenvalue weighted by molar-refractivity contribution is 5.90. The zero-order chi connectivity index (χ0) is 9.84. The third-order valence-corrected chi connectivity index (χ3v) is 2.29. The second kappa shape index (κ2) is 4.08. The summed E-state index contributed by atoms with van der Waals surface area (Å²) in [6, 6.07) is 0. The molecule has 0 fully saturated rings. The monoisotopic (exact) mass is 177 g/mol. The smallest absolute Gasteiger partial charge is 0.250 e. The van der Waals surface area contributed by atoms with Gasteiger partial charge < -0.3 is 4.90 Å². The Morgan fingerprint density at radius 2 is 2.38 bits per heavy atom. The van der Waals surface area contributed by atoms with E-state index in [0.717, 1.165) is 12.1 Å². The lowest BCUT2D eigenvalue weighted by atomic mass is 9.96. The van der Waals surface area contributed by atoms with E-state index in [1.807, 2.05) is 25.2 Å². The number of hydrogen-bond donors (Lipinski definition) is 0. The molecule has 1 unspecified atom stereocenters. The number of likely N-dealkylation sites (N-methyl/N-ethyl adjacent to an activating group) is 1. The average Bonchev–Trinajstić information content (AvgIpc) is 2.12. The van der Waals surface area contributed by atoms with Crippen molar-refractivity contribution in [1.29, 1.82) is 0 Å². The van der Waals surface area contributed by atoms with Crippen LogP contribution in [-0.4, -0.2) is 17.9 Å². The second-order valence-corrected chi connectivity index (χ2v) is 3.10. The number of allylic oxidation sites excluding steroid dienone is 3. The standard InChI is InChI=1S/C11H15NO/c1-4-6-9-7-8-11(13)12(3)10(9)5-2/h4-5,7-9H,1,6H2,2-3H3/b10-5+. The number of hydrogen-bond acceptors (Lipinski definition) is 1. The van der Waals surface area contributed by atoms with Crippen LogP contribution in [0.4, 0.5) is 0 Å². The summed E-state index contributed by atoms with van der Waals surface area (Å²) >= 11 is 0. The molecule has 0 aromatic heterocycles. The van der Waals surface area contributed by atoms with Crippen LogP contribution >= 0.6 is 0 Å². The van der Waals surface area contributed by atoms with Gasteiger partial charge in [0.15, 0.2) is 0 Å². The summed E-state index contributed by atoms with van der Waals surface area (Å²) in [6.45, 7) is 5.66. The summed E-state index contributed by atoms with van der Waals surface area (Å²) in [4.78, 5) is 13.0. The third kappa shape index (κ3) is 1.89. The minimum atomic E-state index is 0.0495. The zero-order valence-corrected chi connectivity index (χ0v) is 8.16. The Balaban J connectivity index is 2.92. The van der Waals surface area contributed by atoms with E-state index in [4.69, 9.17) is 0 Å². The summed E-state index contributed by atoms with van der Waals surface area (Å²) in [6.07, 6.45) is 8.31. The van der Waals surface area contributed by atoms with Crippen molar-refractivity contribution >= 4 is 5.91 Å². The van der Waals surface area contributed by atoms with E-state index in [-0.39, 0.29) is 5.91 Å². The molecule has 0 radical (unpaired) electrons. The van der Waals surface area contributed by atoms with E-state index in [9.17, 15) is 4.79 Å². The van der Waals surface area contributed by atoms with Crippen LogP contribution in [-0.2, 0) is 4.79 Å². The van der Waals surface area contributed by atoms with Crippen molar-refractivity contribution in [2.45, 2.75) is 13.3 Å². The first-order chi connectivity index (χ1) is 6.20. The van der Waals surface area contributed by atoms with Gasteiger partial charge in [-0.1, -0.05) is 18.2 Å². The maximum atomic E-state index is 11.3. The highest BCUT2D eigenvalue weighted by atomic mass is 16.2. The van der Waals surface area contributed by atoms with Gasteiger partial charge in [0.2, 0.25) is 5.91 Å². The van der Waals surface area contributed by atoms with Gasteiger partial charge >= 0.3 is 0 Å². The van der Waals surface area contributed by atoms with Crippen LogP contribution in [0.2, 0.25) is 0 Å². The largest absolute Gasteiger partial charge is 0.315 e. The van der Waals surface area contributed by atoms with E-state index < -0.39 is 0 Å². The van der Waals surface area contributed by atoms with Crippen LogP contribution < -0.4 is 0 Å². The van der Waals surface area contributed by atoms with Gasteiger partial charge in [-0.3, -0.25) is 4.79 Å². The molecule has 0 spiro atoms. The van der Waals surface area contributed by atoms with Gasteiger partial charge in [0.05, 0.1) is 0 Å². The molecular formula is C11H15NO. The van der Waals surface area contributed by atoms with Gasteiger partial charge in [0.25, 0.3) is 0 Å². The maximum absolute atomic E-state index is 11.3. The third-order valence-electron chi connectivity index (χ3n) is 2.29. The van der Waals surface area contributed by atoms with Crippen LogP contribution in [0.3, 0.4) is 0 Å². The molecule has 13 heavy (non-hydrogen) atoms. The van der Waals surface area contributed by atoms with Crippen molar-refractivity contribution in [3.05, 3.63) is 36.6 Å². The lowest BCUT2D eigenvalue weighted by molar-refractivity contribution is -0.123. The predicted octanol–water partition coefficient (Wildman–Crippen LogP) is 2.11. The number of rotatable bonds is 2. The van der Waals surface area contributed by atoms with Crippen molar-refractivity contribution in [3.63, 3.8) is 0 Å². The Kier molecular flexibility index (Phi) is 3.07. The van der Waals surface area contributed by atoms with E-state index in [1.165, 1.54) is 0 Å². The number of nitrogens with zero attached hydrogens (tertiary/aromatic N) is 1. The molecule has 0 aromatic carbocycles. The molecular weight excluding hydrogens is 162 g/mol. The highest BCUT2D eigenvalue weighted by Gasteiger charge is 2.21. The average molecular weight is 177 g/mol. The molecule has 1 amide bonds. The van der Waals surface area contributed by atoms with Crippen molar-refractivity contribution < 1.29 is 4.79 Å². The van der Waals surface area contributed by atoms with Gasteiger partial charge in [0.1, 0.15) is 0 Å². The highest BCUT2D eigenvalue weighted by Crippen LogP contribution is 2.24. The van der Waals surface area contributed by atoms with E-state index in [2.05, 4.69) is 6.58 Å². The summed E-state index contributed by atoms with van der Waals surface area (Å²) in [5.74, 6) is 0.360. The molecule has 2 heteroatoms. The lowest BCUT2D eigenvalue weighted by Crippen LogP contribution is -2.31. The number of carbonyl (C=O) groups is 1. The summed E-state index contributed by atoms with van der Waals surface area (Å²) < 4.78 is 0. The first-order valence-electron chi connectivity index (χ1n) is 4.43. The molecule has 2 nitrogen and oxygen atoms in total. The summed E-state index contributed by atoms with van der Waals surface area (Å²) in [5.41, 5.74) is 1.06. The van der Waals surface area contributed by atoms with Crippen molar-refractivity contribution in [2.75, 3.05) is 7.05 Å². The fourth-order valence-electron chi connectivity index (χ4n) is 1.57. The molecule has 0 aromatic rings. The van der Waals surface area contributed by atoms with Crippen LogP contribution in [0.1, 0.15) is 13.3 Å². The quantitative estimate of drug-likeness (QED) is 0.591. The van der Waals surface area contributed by atoms with E-state index >= 15 is 0 Å². The molecule has 0 saturated heterocycles. The molecule has 1 rings (SSSR count). The van der Waals surface area contributed by atoms with Crippen molar-refractivity contribution in [3.8, 4) is 0 Å². The molecule has 1 aliphatic rings. The zero-order valence-electron chi connectivity index (χ0n) is 8.16. The Morgan fingerprint density at radius 1 is 1.69 bits per heavy atom. The molecule has 0 aliphatic carbocycles. The Morgan fingerprint density at radius 3 is 2.92 bits per heavy atom. The van der Waals surface area contributed by atoms with Crippen LogP contribution in [0, 0.1) is 5.92 Å². The Hall–Kier alpha value is -1.31. The van der Waals surface area contributed by atoms with Crippen molar-refractivity contribution in [1.82, 2.24) is 4.90 Å². The summed E-state index contributed by atoms with van der Waals surface area (Å²) in [5, 5.41) is 0. The Bertz CT molecular complexity index is 276. The normalized spacial score (nSPS) is 25.4. The molecule has 0 saturated carbocycles.